The average Bonchev–Trinajstić information content (AvgIpc) is 2.80. The molecule has 7 nitrogen and oxygen atoms in total. The fraction of sp³-hybridized carbons (Fsp3) is 0.500. The number of hydrogen-bond donors (Lipinski definition) is 2. The van der Waals surface area contributed by atoms with Crippen LogP contribution in [-0.2, 0) is 4.79 Å². The minimum atomic E-state index is -0.659. The average molecular weight is 342 g/mol. The summed E-state index contributed by atoms with van der Waals surface area (Å²) in [4.78, 5) is 21.3. The number of H-pyrrole nitrogens is 1. The molecule has 0 spiro atoms. The lowest BCUT2D eigenvalue weighted by atomic mass is 10.0. The van der Waals surface area contributed by atoms with E-state index in [1.165, 1.54) is 5.69 Å². The van der Waals surface area contributed by atoms with Crippen LogP contribution in [0, 0.1) is 20.8 Å². The molecule has 7 heteroatoms. The van der Waals surface area contributed by atoms with Gasteiger partial charge in [-0.1, -0.05) is 0 Å². The first kappa shape index (κ1) is 17.4. The number of carbonyl (C=O) groups is 1. The molecule has 25 heavy (non-hydrogen) atoms. The Hall–Kier alpha value is -2.41. The van der Waals surface area contributed by atoms with E-state index in [2.05, 4.69) is 27.0 Å². The molecule has 0 aliphatic carbocycles. The summed E-state index contributed by atoms with van der Waals surface area (Å²) in [5.41, 5.74) is 11.1. The lowest BCUT2D eigenvalue weighted by molar-refractivity contribution is -0.132. The van der Waals surface area contributed by atoms with Gasteiger partial charge in [-0.25, -0.2) is 0 Å². The second-order valence-corrected chi connectivity index (χ2v) is 6.65. The SMILES string of the molecule is Cc1cnccc1N1CCCN(C(=O)C(N)c2c(C)n[nH]c2C)CC1. The smallest absolute Gasteiger partial charge is 0.244 e. The van der Waals surface area contributed by atoms with Crippen LogP contribution in [0.5, 0.6) is 0 Å². The maximum Gasteiger partial charge on any atom is 0.244 e. The molecule has 1 atom stereocenters. The van der Waals surface area contributed by atoms with Crippen molar-refractivity contribution in [2.45, 2.75) is 33.2 Å². The van der Waals surface area contributed by atoms with Gasteiger partial charge in [0.05, 0.1) is 5.69 Å². The monoisotopic (exact) mass is 342 g/mol. The molecule has 1 aliphatic rings. The molecule has 134 valence electrons. The van der Waals surface area contributed by atoms with Crippen LogP contribution in [0.15, 0.2) is 18.5 Å². The van der Waals surface area contributed by atoms with Gasteiger partial charge in [-0.15, -0.1) is 0 Å². The van der Waals surface area contributed by atoms with E-state index in [1.54, 1.807) is 0 Å². The highest BCUT2D eigenvalue weighted by Crippen LogP contribution is 2.23. The van der Waals surface area contributed by atoms with Gasteiger partial charge in [0.1, 0.15) is 6.04 Å². The predicted octanol–water partition coefficient (Wildman–Crippen LogP) is 1.47. The van der Waals surface area contributed by atoms with Gasteiger partial charge in [-0.2, -0.15) is 5.10 Å². The highest BCUT2D eigenvalue weighted by Gasteiger charge is 2.28. The van der Waals surface area contributed by atoms with E-state index in [0.717, 1.165) is 48.6 Å². The molecular formula is C18H26N6O. The second-order valence-electron chi connectivity index (χ2n) is 6.65. The van der Waals surface area contributed by atoms with Crippen molar-refractivity contribution < 1.29 is 4.79 Å². The molecule has 1 fully saturated rings. The van der Waals surface area contributed by atoms with Gasteiger partial charge in [-0.05, 0) is 38.8 Å². The molecule has 0 saturated carbocycles. The van der Waals surface area contributed by atoms with E-state index >= 15 is 0 Å². The molecule has 2 aromatic heterocycles. The van der Waals surface area contributed by atoms with Crippen LogP contribution in [0.2, 0.25) is 0 Å². The van der Waals surface area contributed by atoms with Crippen LogP contribution < -0.4 is 10.6 Å². The Morgan fingerprint density at radius 1 is 1.24 bits per heavy atom. The number of aromatic amines is 1. The first-order valence-electron chi connectivity index (χ1n) is 8.70. The van der Waals surface area contributed by atoms with Gasteiger partial charge in [0.25, 0.3) is 0 Å². The third kappa shape index (κ3) is 3.51. The number of anilines is 1. The van der Waals surface area contributed by atoms with Crippen LogP contribution in [0.3, 0.4) is 0 Å². The summed E-state index contributed by atoms with van der Waals surface area (Å²) < 4.78 is 0. The molecule has 3 rings (SSSR count). The first-order valence-corrected chi connectivity index (χ1v) is 8.70. The van der Waals surface area contributed by atoms with Crippen LogP contribution >= 0.6 is 0 Å². The minimum absolute atomic E-state index is 0.0269. The Morgan fingerprint density at radius 2 is 2.04 bits per heavy atom. The molecule has 3 heterocycles. The predicted molar refractivity (Wildman–Crippen MR) is 97.4 cm³/mol. The molecule has 0 aromatic carbocycles. The van der Waals surface area contributed by atoms with Gasteiger partial charge < -0.3 is 15.5 Å². The van der Waals surface area contributed by atoms with Gasteiger partial charge >= 0.3 is 0 Å². The van der Waals surface area contributed by atoms with Crippen LogP contribution in [-0.4, -0.2) is 52.2 Å². The second kappa shape index (κ2) is 7.23. The van der Waals surface area contributed by atoms with Crippen molar-refractivity contribution in [3.8, 4) is 0 Å². The Labute approximate surface area is 148 Å². The van der Waals surface area contributed by atoms with Crippen molar-refractivity contribution in [3.63, 3.8) is 0 Å². The van der Waals surface area contributed by atoms with E-state index in [1.807, 2.05) is 37.2 Å². The van der Waals surface area contributed by atoms with Crippen molar-refractivity contribution in [1.82, 2.24) is 20.1 Å². The molecule has 1 amide bonds. The highest BCUT2D eigenvalue weighted by molar-refractivity contribution is 5.83. The lowest BCUT2D eigenvalue weighted by Gasteiger charge is -2.26. The van der Waals surface area contributed by atoms with E-state index in [0.29, 0.717) is 6.54 Å². The summed E-state index contributed by atoms with van der Waals surface area (Å²) in [6, 6.07) is 1.38. The zero-order valence-corrected chi connectivity index (χ0v) is 15.1. The highest BCUT2D eigenvalue weighted by atomic mass is 16.2. The fourth-order valence-electron chi connectivity index (χ4n) is 3.54. The fourth-order valence-corrected chi connectivity index (χ4v) is 3.54. The largest absolute Gasteiger partial charge is 0.369 e. The molecule has 1 aliphatic heterocycles. The molecular weight excluding hydrogens is 316 g/mol. The molecule has 0 bridgehead atoms. The van der Waals surface area contributed by atoms with Gasteiger partial charge in [-0.3, -0.25) is 14.9 Å². The van der Waals surface area contributed by atoms with E-state index < -0.39 is 6.04 Å². The number of nitrogens with two attached hydrogens (primary N) is 1. The number of aryl methyl sites for hydroxylation is 3. The standard InChI is InChI=1S/C18H26N6O/c1-12-11-20-6-5-15(12)23-7-4-8-24(10-9-23)18(25)17(19)16-13(2)21-22-14(16)3/h5-6,11,17H,4,7-10,19H2,1-3H3,(H,21,22). The quantitative estimate of drug-likeness (QED) is 0.881. The maximum atomic E-state index is 12.9. The van der Waals surface area contributed by atoms with Crippen LogP contribution in [0.4, 0.5) is 5.69 Å². The van der Waals surface area contributed by atoms with E-state index in [-0.39, 0.29) is 5.91 Å². The van der Waals surface area contributed by atoms with Gasteiger partial charge in [0.15, 0.2) is 0 Å². The number of amides is 1. The van der Waals surface area contributed by atoms with Gasteiger partial charge in [0, 0.05) is 55.5 Å². The zero-order valence-electron chi connectivity index (χ0n) is 15.1. The van der Waals surface area contributed by atoms with Crippen LogP contribution in [0.25, 0.3) is 0 Å². The van der Waals surface area contributed by atoms with Crippen molar-refractivity contribution in [2.24, 2.45) is 5.73 Å². The van der Waals surface area contributed by atoms with Crippen molar-refractivity contribution in [3.05, 3.63) is 41.0 Å². The maximum absolute atomic E-state index is 12.9. The number of nitrogens with one attached hydrogen (secondary N) is 1. The number of carbonyl (C=O) groups excluding carboxylic acids is 1. The molecule has 2 aromatic rings. The zero-order chi connectivity index (χ0) is 18.0. The molecule has 1 unspecified atom stereocenters. The Balaban J connectivity index is 1.71. The molecule has 3 N–H and O–H groups in total. The molecule has 1 saturated heterocycles. The number of nitrogens with zero attached hydrogens (tertiary/aromatic N) is 4. The van der Waals surface area contributed by atoms with Crippen molar-refractivity contribution in [2.75, 3.05) is 31.1 Å². The number of rotatable bonds is 3. The summed E-state index contributed by atoms with van der Waals surface area (Å²) in [5, 5.41) is 7.06. The topological polar surface area (TPSA) is 91.1 Å². The van der Waals surface area contributed by atoms with E-state index in [9.17, 15) is 4.79 Å². The summed E-state index contributed by atoms with van der Waals surface area (Å²) in [6.45, 7) is 8.96. The Bertz CT molecular complexity index is 736. The minimum Gasteiger partial charge on any atom is -0.369 e. The number of hydrogen-bond acceptors (Lipinski definition) is 5. The molecule has 0 radical (unpaired) electrons. The first-order chi connectivity index (χ1) is 12.0. The lowest BCUT2D eigenvalue weighted by Crippen LogP contribution is -2.41. The summed E-state index contributed by atoms with van der Waals surface area (Å²) in [5.74, 6) is -0.0269. The summed E-state index contributed by atoms with van der Waals surface area (Å²) in [7, 11) is 0. The third-order valence-electron chi connectivity index (χ3n) is 4.90. The van der Waals surface area contributed by atoms with Crippen LogP contribution in [0.1, 0.15) is 35.0 Å². The number of aromatic nitrogens is 3. The number of pyridine rings is 1. The summed E-state index contributed by atoms with van der Waals surface area (Å²) in [6.07, 6.45) is 4.61. The Morgan fingerprint density at radius 3 is 2.72 bits per heavy atom. The normalized spacial score (nSPS) is 16.6. The Kier molecular flexibility index (Phi) is 5.03. The third-order valence-corrected chi connectivity index (χ3v) is 4.90. The van der Waals surface area contributed by atoms with Crippen molar-refractivity contribution in [1.29, 1.82) is 0 Å². The summed E-state index contributed by atoms with van der Waals surface area (Å²) >= 11 is 0. The van der Waals surface area contributed by atoms with E-state index in [4.69, 9.17) is 5.73 Å². The van der Waals surface area contributed by atoms with Gasteiger partial charge in [0.2, 0.25) is 5.91 Å². The van der Waals surface area contributed by atoms with Crippen molar-refractivity contribution >= 4 is 11.6 Å².